The fraction of sp³-hybridized carbons (Fsp3) is 0.606. The van der Waals surface area contributed by atoms with E-state index in [1.54, 1.807) is 6.20 Å². The number of piperidine rings is 1. The number of aliphatic hydroxyl groups is 1. The van der Waals surface area contributed by atoms with Crippen LogP contribution in [0, 0.1) is 16.7 Å². The number of ether oxygens (including phenoxy) is 1. The first-order valence-electron chi connectivity index (χ1n) is 15.6. The quantitative estimate of drug-likeness (QED) is 0.343. The highest BCUT2D eigenvalue weighted by Gasteiger charge is 2.25. The zero-order chi connectivity index (χ0) is 29.5. The van der Waals surface area contributed by atoms with Crippen LogP contribution in [0.25, 0.3) is 11.0 Å². The number of fused-ring (bicyclic) bond motifs is 1. The van der Waals surface area contributed by atoms with E-state index in [1.807, 2.05) is 0 Å². The molecule has 2 aromatic heterocycles. The zero-order valence-electron chi connectivity index (χ0n) is 25.6. The molecule has 0 aliphatic carbocycles. The van der Waals surface area contributed by atoms with E-state index in [9.17, 15) is 5.26 Å². The van der Waals surface area contributed by atoms with Crippen molar-refractivity contribution in [1.82, 2.24) is 29.2 Å². The van der Waals surface area contributed by atoms with Crippen molar-refractivity contribution in [3.8, 4) is 11.8 Å². The average molecular weight is 574 g/mol. The molecule has 0 amide bonds. The maximum atomic E-state index is 9.35. The van der Waals surface area contributed by atoms with Gasteiger partial charge in [-0.1, -0.05) is 39.0 Å². The molecule has 2 saturated heterocycles. The summed E-state index contributed by atoms with van der Waals surface area (Å²) in [5.74, 6) is 1.77. The molecule has 0 saturated carbocycles. The molecular formula is C33H47N7O2. The third-order valence-electron chi connectivity index (χ3n) is 8.54. The van der Waals surface area contributed by atoms with Gasteiger partial charge >= 0.3 is 0 Å². The van der Waals surface area contributed by atoms with E-state index in [4.69, 9.17) is 9.84 Å². The van der Waals surface area contributed by atoms with Crippen LogP contribution in [0.15, 0.2) is 36.5 Å². The molecule has 5 rings (SSSR count). The second-order valence-corrected chi connectivity index (χ2v) is 13.1. The Labute approximate surface area is 250 Å². The molecule has 42 heavy (non-hydrogen) atoms. The third-order valence-corrected chi connectivity index (χ3v) is 8.54. The summed E-state index contributed by atoms with van der Waals surface area (Å²) in [6, 6.07) is 12.9. The van der Waals surface area contributed by atoms with Crippen LogP contribution >= 0.6 is 0 Å². The van der Waals surface area contributed by atoms with Crippen LogP contribution < -0.4 is 4.74 Å². The minimum absolute atomic E-state index is 0.0877. The maximum Gasteiger partial charge on any atom is 0.234 e. The Kier molecular flexibility index (Phi) is 10.1. The summed E-state index contributed by atoms with van der Waals surface area (Å²) in [4.78, 5) is 16.2. The molecule has 2 aliphatic rings. The molecule has 0 atom stereocenters. The number of para-hydroxylation sites is 1. The topological polar surface area (TPSA) is 93.7 Å². The number of aromatic nitrogens is 3. The smallest absolute Gasteiger partial charge is 0.234 e. The number of aliphatic hydroxyl groups excluding tert-OH is 1. The second kappa shape index (κ2) is 14.0. The van der Waals surface area contributed by atoms with Crippen LogP contribution in [0.3, 0.4) is 0 Å². The Morgan fingerprint density at radius 1 is 1.00 bits per heavy atom. The molecule has 0 bridgehead atoms. The van der Waals surface area contributed by atoms with Crippen LogP contribution in [-0.4, -0.2) is 99.9 Å². The monoisotopic (exact) mass is 573 g/mol. The minimum atomic E-state index is 0.0877. The van der Waals surface area contributed by atoms with Crippen LogP contribution in [-0.2, 0) is 13.1 Å². The first kappa shape index (κ1) is 30.4. The summed E-state index contributed by atoms with van der Waals surface area (Å²) in [6.45, 7) is 17.5. The summed E-state index contributed by atoms with van der Waals surface area (Å²) in [6.07, 6.45) is 5.02. The minimum Gasteiger partial charge on any atom is -0.493 e. The Morgan fingerprint density at radius 3 is 2.40 bits per heavy atom. The van der Waals surface area contributed by atoms with Gasteiger partial charge in [0.1, 0.15) is 17.5 Å². The molecule has 0 radical (unpaired) electrons. The van der Waals surface area contributed by atoms with Gasteiger partial charge in [-0.2, -0.15) is 5.26 Å². The SMILES string of the molecule is CC(C)(C)Cn1c(CN2CCC(c3ccccc3OCCCN3CCN(CCO)CC3)CC2)cc2cnc(C#N)nc21. The second-order valence-electron chi connectivity index (χ2n) is 13.1. The number of β-amino-alcohol motifs (C(OH)–C–C–N with tert-alkyl or cyclic N) is 1. The predicted molar refractivity (Wildman–Crippen MR) is 165 cm³/mol. The largest absolute Gasteiger partial charge is 0.493 e. The Balaban J connectivity index is 1.15. The van der Waals surface area contributed by atoms with E-state index in [0.717, 1.165) is 108 Å². The molecule has 226 valence electrons. The summed E-state index contributed by atoms with van der Waals surface area (Å²) >= 11 is 0. The van der Waals surface area contributed by atoms with Crippen molar-refractivity contribution in [2.45, 2.75) is 59.0 Å². The molecule has 1 aromatic carbocycles. The number of nitriles is 1. The highest BCUT2D eigenvalue weighted by Crippen LogP contribution is 2.35. The molecule has 2 aliphatic heterocycles. The Morgan fingerprint density at radius 2 is 1.71 bits per heavy atom. The lowest BCUT2D eigenvalue weighted by molar-refractivity contribution is 0.108. The number of benzene rings is 1. The van der Waals surface area contributed by atoms with Crippen molar-refractivity contribution >= 4 is 11.0 Å². The van der Waals surface area contributed by atoms with Crippen molar-refractivity contribution in [3.63, 3.8) is 0 Å². The van der Waals surface area contributed by atoms with Crippen LogP contribution in [0.4, 0.5) is 0 Å². The first-order valence-corrected chi connectivity index (χ1v) is 15.6. The van der Waals surface area contributed by atoms with Crippen molar-refractivity contribution in [2.24, 2.45) is 5.41 Å². The normalized spacial score (nSPS) is 18.0. The molecule has 9 nitrogen and oxygen atoms in total. The average Bonchev–Trinajstić information content (AvgIpc) is 3.31. The number of hydrogen-bond acceptors (Lipinski definition) is 8. The van der Waals surface area contributed by atoms with Gasteiger partial charge in [0.15, 0.2) is 0 Å². The van der Waals surface area contributed by atoms with Gasteiger partial charge < -0.3 is 19.3 Å². The Hall–Kier alpha value is -3.03. The fourth-order valence-electron chi connectivity index (χ4n) is 6.36. The van der Waals surface area contributed by atoms with E-state index in [1.165, 1.54) is 11.3 Å². The van der Waals surface area contributed by atoms with Gasteiger partial charge in [-0.25, -0.2) is 9.97 Å². The van der Waals surface area contributed by atoms with Crippen LogP contribution in [0.1, 0.15) is 63.0 Å². The molecular weight excluding hydrogens is 526 g/mol. The van der Waals surface area contributed by atoms with Gasteiger partial charge in [0.05, 0.1) is 13.2 Å². The van der Waals surface area contributed by atoms with E-state index >= 15 is 0 Å². The van der Waals surface area contributed by atoms with Crippen LogP contribution in [0.5, 0.6) is 5.75 Å². The van der Waals surface area contributed by atoms with Gasteiger partial charge in [0, 0.05) is 69.6 Å². The highest BCUT2D eigenvalue weighted by molar-refractivity contribution is 5.77. The van der Waals surface area contributed by atoms with E-state index < -0.39 is 0 Å². The number of hydrogen-bond donors (Lipinski definition) is 1. The molecule has 4 heterocycles. The predicted octanol–water partition coefficient (Wildman–Crippen LogP) is 4.11. The number of nitrogens with zero attached hydrogens (tertiary/aromatic N) is 7. The molecule has 0 unspecified atom stereocenters. The van der Waals surface area contributed by atoms with Gasteiger partial charge in [0.2, 0.25) is 5.82 Å². The number of rotatable bonds is 11. The Bertz CT molecular complexity index is 1340. The summed E-state index contributed by atoms with van der Waals surface area (Å²) in [5.41, 5.74) is 3.53. The first-order chi connectivity index (χ1) is 20.3. The summed E-state index contributed by atoms with van der Waals surface area (Å²) in [5, 5.41) is 19.5. The molecule has 2 fully saturated rings. The molecule has 9 heteroatoms. The summed E-state index contributed by atoms with van der Waals surface area (Å²) in [7, 11) is 0. The van der Waals surface area contributed by atoms with E-state index in [2.05, 4.69) is 86.4 Å². The lowest BCUT2D eigenvalue weighted by Crippen LogP contribution is -2.47. The zero-order valence-corrected chi connectivity index (χ0v) is 25.6. The van der Waals surface area contributed by atoms with Gasteiger partial charge in [-0.05, 0) is 61.4 Å². The summed E-state index contributed by atoms with van der Waals surface area (Å²) < 4.78 is 8.65. The maximum absolute atomic E-state index is 9.35. The molecule has 3 aromatic rings. The van der Waals surface area contributed by atoms with Gasteiger partial charge in [-0.3, -0.25) is 9.80 Å². The molecule has 1 N–H and O–H groups in total. The lowest BCUT2D eigenvalue weighted by atomic mass is 9.88. The lowest BCUT2D eigenvalue weighted by Gasteiger charge is -2.34. The van der Waals surface area contributed by atoms with Crippen molar-refractivity contribution in [1.29, 1.82) is 5.26 Å². The van der Waals surface area contributed by atoms with Crippen molar-refractivity contribution in [2.75, 3.05) is 65.6 Å². The fourth-order valence-corrected chi connectivity index (χ4v) is 6.36. The van der Waals surface area contributed by atoms with Gasteiger partial charge in [-0.15, -0.1) is 0 Å². The van der Waals surface area contributed by atoms with E-state index in [-0.39, 0.29) is 17.8 Å². The third kappa shape index (κ3) is 7.87. The van der Waals surface area contributed by atoms with Crippen molar-refractivity contribution < 1.29 is 9.84 Å². The van der Waals surface area contributed by atoms with Crippen molar-refractivity contribution in [3.05, 3.63) is 53.6 Å². The van der Waals surface area contributed by atoms with Gasteiger partial charge in [0.25, 0.3) is 0 Å². The number of piperazine rings is 1. The standard InChI is InChI=1S/C33H47N7O2/c1-33(2,3)25-40-28(21-27-23-35-31(22-34)36-32(27)40)24-39-12-9-26(10-13-39)29-7-4-5-8-30(29)42-20-6-11-37-14-16-38(17-15-37)18-19-41/h4-5,7-8,21,23,26,41H,6,9-20,24-25H2,1-3H3. The highest BCUT2D eigenvalue weighted by atomic mass is 16.5. The molecule has 0 spiro atoms. The van der Waals surface area contributed by atoms with Crippen LogP contribution in [0.2, 0.25) is 0 Å². The number of likely N-dealkylation sites (tertiary alicyclic amines) is 1. The van der Waals surface area contributed by atoms with E-state index in [0.29, 0.717) is 5.92 Å².